The van der Waals surface area contributed by atoms with Crippen LogP contribution in [0.3, 0.4) is 0 Å². The zero-order chi connectivity index (χ0) is 21.0. The predicted molar refractivity (Wildman–Crippen MR) is 122 cm³/mol. The highest BCUT2D eigenvalue weighted by Crippen LogP contribution is 2.20. The van der Waals surface area contributed by atoms with Gasteiger partial charge >= 0.3 is 0 Å². The van der Waals surface area contributed by atoms with E-state index in [0.717, 1.165) is 3.57 Å². The number of hydrogen-bond donors (Lipinski definition) is 2. The summed E-state index contributed by atoms with van der Waals surface area (Å²) in [6.45, 7) is 2.14. The highest BCUT2D eigenvalue weighted by molar-refractivity contribution is 14.1. The Morgan fingerprint density at radius 3 is 2.38 bits per heavy atom. The van der Waals surface area contributed by atoms with E-state index in [2.05, 4.69) is 33.3 Å². The maximum absolute atomic E-state index is 12.8. The Kier molecular flexibility index (Phi) is 6.80. The van der Waals surface area contributed by atoms with Crippen LogP contribution in [-0.4, -0.2) is 45.3 Å². The first kappa shape index (κ1) is 21.2. The third-order valence-corrected chi connectivity index (χ3v) is 5.52. The van der Waals surface area contributed by atoms with Gasteiger partial charge in [-0.2, -0.15) is 0 Å². The summed E-state index contributed by atoms with van der Waals surface area (Å²) >= 11 is 7.54. The lowest BCUT2D eigenvalue weighted by molar-refractivity contribution is -0.130. The summed E-state index contributed by atoms with van der Waals surface area (Å²) in [5, 5.41) is 4.26. The smallest absolute Gasteiger partial charge is 0.269 e. The molecular weight excluding hydrogens is 503 g/mol. The molecule has 2 aromatic carbocycles. The maximum Gasteiger partial charge on any atom is 0.269 e. The summed E-state index contributed by atoms with van der Waals surface area (Å²) in [7, 11) is 0. The first-order chi connectivity index (χ1) is 13.9. The molecular formula is C20H19IN4O3S. The SMILES string of the molecule is CCN1C(=O)C(CC(=O)Nc2ccc(I)cc2)N(NC(=O)c2ccccc2)C1=S. The summed E-state index contributed by atoms with van der Waals surface area (Å²) in [4.78, 5) is 39.2. The Balaban J connectivity index is 1.75. The van der Waals surface area contributed by atoms with Crippen LogP contribution in [0.25, 0.3) is 0 Å². The van der Waals surface area contributed by atoms with Crippen molar-refractivity contribution in [1.82, 2.24) is 15.3 Å². The molecule has 2 aromatic rings. The second kappa shape index (κ2) is 9.31. The lowest BCUT2D eigenvalue weighted by Crippen LogP contribution is -2.49. The van der Waals surface area contributed by atoms with Crippen molar-refractivity contribution in [3.05, 3.63) is 63.7 Å². The van der Waals surface area contributed by atoms with Gasteiger partial charge in [0.05, 0.1) is 6.42 Å². The van der Waals surface area contributed by atoms with Crippen LogP contribution < -0.4 is 10.7 Å². The molecule has 2 N–H and O–H groups in total. The van der Waals surface area contributed by atoms with Crippen LogP contribution in [0.1, 0.15) is 23.7 Å². The highest BCUT2D eigenvalue weighted by atomic mass is 127. The van der Waals surface area contributed by atoms with Crippen molar-refractivity contribution in [2.45, 2.75) is 19.4 Å². The molecule has 29 heavy (non-hydrogen) atoms. The lowest BCUT2D eigenvalue weighted by atomic mass is 10.2. The molecule has 0 saturated carbocycles. The topological polar surface area (TPSA) is 81.8 Å². The van der Waals surface area contributed by atoms with Gasteiger partial charge in [-0.05, 0) is 78.1 Å². The first-order valence-electron chi connectivity index (χ1n) is 8.96. The lowest BCUT2D eigenvalue weighted by Gasteiger charge is -2.24. The molecule has 0 aromatic heterocycles. The van der Waals surface area contributed by atoms with E-state index < -0.39 is 11.9 Å². The number of anilines is 1. The minimum absolute atomic E-state index is 0.142. The Bertz CT molecular complexity index is 937. The Hall–Kier alpha value is -2.53. The van der Waals surface area contributed by atoms with Gasteiger partial charge in [0.15, 0.2) is 5.11 Å². The fourth-order valence-corrected chi connectivity index (χ4v) is 3.68. The molecule has 1 aliphatic rings. The van der Waals surface area contributed by atoms with Crippen LogP contribution in [0.4, 0.5) is 5.69 Å². The third-order valence-electron chi connectivity index (χ3n) is 4.38. The molecule has 1 aliphatic heterocycles. The van der Waals surface area contributed by atoms with Crippen LogP contribution in [0, 0.1) is 3.57 Å². The van der Waals surface area contributed by atoms with Gasteiger partial charge in [0, 0.05) is 21.4 Å². The number of benzene rings is 2. The van der Waals surface area contributed by atoms with Crippen LogP contribution >= 0.6 is 34.8 Å². The van der Waals surface area contributed by atoms with E-state index in [0.29, 0.717) is 17.8 Å². The molecule has 9 heteroatoms. The van der Waals surface area contributed by atoms with Crippen LogP contribution in [0.2, 0.25) is 0 Å². The van der Waals surface area contributed by atoms with Gasteiger partial charge in [-0.1, -0.05) is 18.2 Å². The van der Waals surface area contributed by atoms with Crippen molar-refractivity contribution >= 4 is 63.3 Å². The second-order valence-corrected chi connectivity index (χ2v) is 7.93. The maximum atomic E-state index is 12.8. The number of halogens is 1. The zero-order valence-corrected chi connectivity index (χ0v) is 18.6. The number of thiocarbonyl (C=S) groups is 1. The molecule has 1 atom stereocenters. The minimum atomic E-state index is -0.904. The van der Waals surface area contributed by atoms with Crippen LogP contribution in [0.15, 0.2) is 54.6 Å². The van der Waals surface area contributed by atoms with E-state index in [1.54, 1.807) is 49.4 Å². The number of amides is 3. The number of carbonyl (C=O) groups is 3. The summed E-state index contributed by atoms with van der Waals surface area (Å²) in [6.07, 6.45) is -0.142. The van der Waals surface area contributed by atoms with Crippen molar-refractivity contribution in [3.63, 3.8) is 0 Å². The predicted octanol–water partition coefficient (Wildman–Crippen LogP) is 2.78. The summed E-state index contributed by atoms with van der Waals surface area (Å²) in [5.41, 5.74) is 3.74. The molecule has 150 valence electrons. The number of nitrogens with one attached hydrogen (secondary N) is 2. The normalized spacial score (nSPS) is 16.1. The molecule has 1 unspecified atom stereocenters. The van der Waals surface area contributed by atoms with E-state index >= 15 is 0 Å². The van der Waals surface area contributed by atoms with Gasteiger partial charge in [0.2, 0.25) is 5.91 Å². The molecule has 0 aliphatic carbocycles. The molecule has 3 rings (SSSR count). The fourth-order valence-electron chi connectivity index (χ4n) is 2.93. The van der Waals surface area contributed by atoms with Crippen molar-refractivity contribution in [2.75, 3.05) is 11.9 Å². The average Bonchev–Trinajstić information content (AvgIpc) is 2.93. The van der Waals surface area contributed by atoms with Crippen molar-refractivity contribution in [3.8, 4) is 0 Å². The summed E-state index contributed by atoms with van der Waals surface area (Å²) in [5.74, 6) is -1.06. The van der Waals surface area contributed by atoms with E-state index in [1.807, 2.05) is 12.1 Å². The van der Waals surface area contributed by atoms with Gasteiger partial charge in [0.1, 0.15) is 6.04 Å². The largest absolute Gasteiger partial charge is 0.326 e. The number of hydrogen-bond acceptors (Lipinski definition) is 4. The molecule has 3 amide bonds. The summed E-state index contributed by atoms with van der Waals surface area (Å²) in [6, 6.07) is 15.0. The van der Waals surface area contributed by atoms with E-state index in [1.165, 1.54) is 9.91 Å². The molecule has 0 spiro atoms. The minimum Gasteiger partial charge on any atom is -0.326 e. The molecule has 0 bridgehead atoms. The van der Waals surface area contributed by atoms with E-state index in [-0.39, 0.29) is 23.3 Å². The Labute approximate surface area is 187 Å². The van der Waals surface area contributed by atoms with Crippen molar-refractivity contribution in [2.24, 2.45) is 0 Å². The Morgan fingerprint density at radius 2 is 1.76 bits per heavy atom. The first-order valence-corrected chi connectivity index (χ1v) is 10.5. The van der Waals surface area contributed by atoms with Gasteiger partial charge in [0.25, 0.3) is 11.8 Å². The van der Waals surface area contributed by atoms with Gasteiger partial charge in [-0.15, -0.1) is 0 Å². The van der Waals surface area contributed by atoms with Gasteiger partial charge in [-0.25, -0.2) is 5.01 Å². The average molecular weight is 522 g/mol. The standard InChI is InChI=1S/C20H19IN4O3S/c1-2-24-19(28)16(12-17(26)22-15-10-8-14(21)9-11-15)25(20(24)29)23-18(27)13-6-4-3-5-7-13/h3-11,16H,2,12H2,1H3,(H,22,26)(H,23,27). The van der Waals surface area contributed by atoms with E-state index in [9.17, 15) is 14.4 Å². The zero-order valence-electron chi connectivity index (χ0n) is 15.6. The highest BCUT2D eigenvalue weighted by Gasteiger charge is 2.43. The monoisotopic (exact) mass is 522 g/mol. The quantitative estimate of drug-likeness (QED) is 0.451. The fraction of sp³-hybridized carbons (Fsp3) is 0.200. The number of carbonyl (C=O) groups excluding carboxylic acids is 3. The summed E-state index contributed by atoms with van der Waals surface area (Å²) < 4.78 is 1.05. The van der Waals surface area contributed by atoms with Crippen molar-refractivity contribution < 1.29 is 14.4 Å². The Morgan fingerprint density at radius 1 is 1.10 bits per heavy atom. The van der Waals surface area contributed by atoms with E-state index in [4.69, 9.17) is 12.2 Å². The molecule has 1 saturated heterocycles. The number of rotatable bonds is 6. The molecule has 7 nitrogen and oxygen atoms in total. The van der Waals surface area contributed by atoms with Crippen LogP contribution in [-0.2, 0) is 9.59 Å². The van der Waals surface area contributed by atoms with Crippen LogP contribution in [0.5, 0.6) is 0 Å². The molecule has 1 fully saturated rings. The van der Waals surface area contributed by atoms with Crippen molar-refractivity contribution in [1.29, 1.82) is 0 Å². The van der Waals surface area contributed by atoms with Gasteiger partial charge in [-0.3, -0.25) is 24.7 Å². The second-order valence-electron chi connectivity index (χ2n) is 6.32. The van der Waals surface area contributed by atoms with Gasteiger partial charge < -0.3 is 5.32 Å². The molecule has 0 radical (unpaired) electrons. The number of likely N-dealkylation sites (N-methyl/N-ethyl adjacent to an activating group) is 1. The third kappa shape index (κ3) is 4.91. The number of hydrazine groups is 1. The number of nitrogens with zero attached hydrogens (tertiary/aromatic N) is 2. The molecule has 1 heterocycles.